The first-order valence-corrected chi connectivity index (χ1v) is 5.92. The lowest BCUT2D eigenvalue weighted by Gasteiger charge is -2.20. The molecule has 0 aromatic carbocycles. The first kappa shape index (κ1) is 10.9. The van der Waals surface area contributed by atoms with Crippen LogP contribution in [0.2, 0.25) is 5.15 Å². The summed E-state index contributed by atoms with van der Waals surface area (Å²) in [6, 6.07) is 4.83. The molecule has 15 heavy (non-hydrogen) atoms. The monoisotopic (exact) mass is 224 g/mol. The van der Waals surface area contributed by atoms with Gasteiger partial charge >= 0.3 is 0 Å². The fraction of sp³-hybridized carbons (Fsp3) is 0.583. The van der Waals surface area contributed by atoms with Gasteiger partial charge < -0.3 is 5.32 Å². The van der Waals surface area contributed by atoms with Gasteiger partial charge in [0.25, 0.3) is 0 Å². The molecule has 1 saturated carbocycles. The molecule has 0 bridgehead atoms. The van der Waals surface area contributed by atoms with Crippen molar-refractivity contribution in [1.82, 2.24) is 10.3 Å². The largest absolute Gasteiger partial charge is 0.307 e. The fourth-order valence-electron chi connectivity index (χ4n) is 1.94. The maximum absolute atomic E-state index is 6.05. The second-order valence-corrected chi connectivity index (χ2v) is 4.76. The van der Waals surface area contributed by atoms with Crippen molar-refractivity contribution >= 4 is 11.6 Å². The molecule has 2 unspecified atom stereocenters. The Morgan fingerprint density at radius 1 is 1.47 bits per heavy atom. The van der Waals surface area contributed by atoms with E-state index in [0.717, 1.165) is 11.5 Å². The van der Waals surface area contributed by atoms with Gasteiger partial charge in [0.15, 0.2) is 0 Å². The molecule has 0 aliphatic heterocycles. The van der Waals surface area contributed by atoms with Gasteiger partial charge in [-0.3, -0.25) is 0 Å². The van der Waals surface area contributed by atoms with Crippen molar-refractivity contribution in [2.45, 2.75) is 38.8 Å². The van der Waals surface area contributed by atoms with Gasteiger partial charge in [0.1, 0.15) is 5.15 Å². The summed E-state index contributed by atoms with van der Waals surface area (Å²) < 4.78 is 0. The van der Waals surface area contributed by atoms with Crippen LogP contribution in [0.25, 0.3) is 0 Å². The van der Waals surface area contributed by atoms with Gasteiger partial charge in [0.05, 0.1) is 0 Å². The van der Waals surface area contributed by atoms with Crippen LogP contribution < -0.4 is 5.32 Å². The highest BCUT2D eigenvalue weighted by molar-refractivity contribution is 6.30. The molecule has 0 radical (unpaired) electrons. The van der Waals surface area contributed by atoms with Crippen LogP contribution in [-0.2, 0) is 0 Å². The van der Waals surface area contributed by atoms with Crippen molar-refractivity contribution in [1.29, 1.82) is 0 Å². The van der Waals surface area contributed by atoms with Crippen LogP contribution in [0.1, 0.15) is 38.3 Å². The Kier molecular flexibility index (Phi) is 3.27. The number of hydrogen-bond acceptors (Lipinski definition) is 2. The molecule has 3 heteroatoms. The summed E-state index contributed by atoms with van der Waals surface area (Å²) in [4.78, 5) is 4.09. The van der Waals surface area contributed by atoms with E-state index in [-0.39, 0.29) is 6.04 Å². The summed E-state index contributed by atoms with van der Waals surface area (Å²) in [5.41, 5.74) is 1.09. The zero-order valence-electron chi connectivity index (χ0n) is 9.20. The fourth-order valence-corrected chi connectivity index (χ4v) is 2.22. The Bertz CT molecular complexity index is 336. The Morgan fingerprint density at radius 3 is 2.80 bits per heavy atom. The smallest absolute Gasteiger partial charge is 0.133 e. The van der Waals surface area contributed by atoms with E-state index in [1.54, 1.807) is 6.20 Å². The molecule has 1 fully saturated rings. The van der Waals surface area contributed by atoms with E-state index < -0.39 is 0 Å². The van der Waals surface area contributed by atoms with Crippen molar-refractivity contribution in [2.75, 3.05) is 0 Å². The quantitative estimate of drug-likeness (QED) is 0.795. The van der Waals surface area contributed by atoms with Crippen LogP contribution in [-0.4, -0.2) is 11.0 Å². The highest BCUT2D eigenvalue weighted by Gasteiger charge is 2.28. The maximum atomic E-state index is 6.05. The molecule has 0 spiro atoms. The normalized spacial score (nSPS) is 19.9. The predicted octanol–water partition coefficient (Wildman–Crippen LogP) is 3.18. The molecular formula is C12H17ClN2. The van der Waals surface area contributed by atoms with Crippen LogP contribution >= 0.6 is 11.6 Å². The van der Waals surface area contributed by atoms with Crippen molar-refractivity contribution in [3.8, 4) is 0 Å². The number of nitrogens with one attached hydrogen (secondary N) is 1. The lowest BCUT2D eigenvalue weighted by Crippen LogP contribution is -2.30. The predicted molar refractivity (Wildman–Crippen MR) is 63.0 cm³/mol. The van der Waals surface area contributed by atoms with Crippen LogP contribution in [0.3, 0.4) is 0 Å². The minimum Gasteiger partial charge on any atom is -0.307 e. The second-order valence-electron chi connectivity index (χ2n) is 4.40. The third kappa shape index (κ3) is 2.70. The van der Waals surface area contributed by atoms with E-state index >= 15 is 0 Å². The molecule has 2 nitrogen and oxygen atoms in total. The summed E-state index contributed by atoms with van der Waals surface area (Å²) in [7, 11) is 0. The Labute approximate surface area is 96.1 Å². The minimum atomic E-state index is 0.279. The zero-order chi connectivity index (χ0) is 10.8. The molecule has 1 N–H and O–H groups in total. The van der Waals surface area contributed by atoms with Crippen LogP contribution in [0.4, 0.5) is 0 Å². The van der Waals surface area contributed by atoms with E-state index in [9.17, 15) is 0 Å². The lowest BCUT2D eigenvalue weighted by molar-refractivity contribution is 0.441. The lowest BCUT2D eigenvalue weighted by atomic mass is 10.1. The summed E-state index contributed by atoms with van der Waals surface area (Å²) in [6.07, 6.45) is 4.45. The standard InChI is InChI=1S/C12H17ClN2/c1-8(10-5-6-10)15-9(2)11-4-3-7-14-12(11)13/h3-4,7-10,15H,5-6H2,1-2H3. The molecule has 1 aliphatic carbocycles. The Morgan fingerprint density at radius 2 is 2.20 bits per heavy atom. The minimum absolute atomic E-state index is 0.279. The van der Waals surface area contributed by atoms with E-state index in [1.807, 2.05) is 12.1 Å². The molecule has 1 aliphatic rings. The Hall–Kier alpha value is -0.600. The van der Waals surface area contributed by atoms with Crippen molar-refractivity contribution in [2.24, 2.45) is 5.92 Å². The third-order valence-corrected chi connectivity index (χ3v) is 3.41. The first-order valence-electron chi connectivity index (χ1n) is 5.55. The third-order valence-electron chi connectivity index (χ3n) is 3.10. The van der Waals surface area contributed by atoms with Crippen LogP contribution in [0.15, 0.2) is 18.3 Å². The van der Waals surface area contributed by atoms with Gasteiger partial charge in [0, 0.05) is 23.8 Å². The van der Waals surface area contributed by atoms with Gasteiger partial charge in [-0.15, -0.1) is 0 Å². The van der Waals surface area contributed by atoms with E-state index in [2.05, 4.69) is 24.1 Å². The van der Waals surface area contributed by atoms with Gasteiger partial charge in [-0.05, 0) is 38.7 Å². The molecule has 1 aromatic rings. The molecule has 2 atom stereocenters. The number of rotatable bonds is 4. The van der Waals surface area contributed by atoms with Crippen LogP contribution in [0, 0.1) is 5.92 Å². The zero-order valence-corrected chi connectivity index (χ0v) is 9.96. The van der Waals surface area contributed by atoms with Crippen LogP contribution in [0.5, 0.6) is 0 Å². The van der Waals surface area contributed by atoms with Crippen molar-refractivity contribution < 1.29 is 0 Å². The van der Waals surface area contributed by atoms with Gasteiger partial charge in [0.2, 0.25) is 0 Å². The van der Waals surface area contributed by atoms with Gasteiger partial charge in [-0.25, -0.2) is 4.98 Å². The number of nitrogens with zero attached hydrogens (tertiary/aromatic N) is 1. The highest BCUT2D eigenvalue weighted by atomic mass is 35.5. The molecule has 1 heterocycles. The van der Waals surface area contributed by atoms with Crippen molar-refractivity contribution in [3.05, 3.63) is 29.0 Å². The maximum Gasteiger partial charge on any atom is 0.133 e. The summed E-state index contributed by atoms with van der Waals surface area (Å²) >= 11 is 6.05. The van der Waals surface area contributed by atoms with Gasteiger partial charge in [-0.1, -0.05) is 17.7 Å². The Balaban J connectivity index is 2.00. The summed E-state index contributed by atoms with van der Waals surface area (Å²) in [6.45, 7) is 4.39. The number of aromatic nitrogens is 1. The SMILES string of the molecule is CC(NC(C)C1CC1)c1cccnc1Cl. The topological polar surface area (TPSA) is 24.9 Å². The van der Waals surface area contributed by atoms with E-state index in [4.69, 9.17) is 11.6 Å². The average Bonchev–Trinajstić information content (AvgIpc) is 3.01. The van der Waals surface area contributed by atoms with Crippen molar-refractivity contribution in [3.63, 3.8) is 0 Å². The molecular weight excluding hydrogens is 208 g/mol. The number of pyridine rings is 1. The average molecular weight is 225 g/mol. The second kappa shape index (κ2) is 4.50. The van der Waals surface area contributed by atoms with Gasteiger partial charge in [-0.2, -0.15) is 0 Å². The van der Waals surface area contributed by atoms with E-state index in [0.29, 0.717) is 11.2 Å². The summed E-state index contributed by atoms with van der Waals surface area (Å²) in [5, 5.41) is 4.19. The number of hydrogen-bond donors (Lipinski definition) is 1. The first-order chi connectivity index (χ1) is 7.18. The molecule has 0 amide bonds. The highest BCUT2D eigenvalue weighted by Crippen LogP contribution is 2.33. The molecule has 82 valence electrons. The molecule has 2 rings (SSSR count). The van der Waals surface area contributed by atoms with E-state index in [1.165, 1.54) is 12.8 Å². The molecule has 0 saturated heterocycles. The number of halogens is 1. The summed E-state index contributed by atoms with van der Waals surface area (Å²) in [5.74, 6) is 0.864. The molecule has 1 aromatic heterocycles.